The van der Waals surface area contributed by atoms with E-state index < -0.39 is 16.1 Å². The van der Waals surface area contributed by atoms with Crippen LogP contribution in [0, 0.1) is 5.92 Å². The van der Waals surface area contributed by atoms with Gasteiger partial charge in [0.2, 0.25) is 15.9 Å². The molecule has 0 spiro atoms. The second-order valence-electron chi connectivity index (χ2n) is 8.00. The molecule has 1 aromatic carbocycles. The van der Waals surface area contributed by atoms with Crippen LogP contribution in [-0.2, 0) is 14.8 Å². The average Bonchev–Trinajstić information content (AvgIpc) is 2.71. The molecule has 2 rings (SSSR count). The van der Waals surface area contributed by atoms with Gasteiger partial charge in [-0.25, -0.2) is 8.42 Å². The van der Waals surface area contributed by atoms with E-state index in [-0.39, 0.29) is 22.8 Å². The second kappa shape index (κ2) is 10.9. The summed E-state index contributed by atoms with van der Waals surface area (Å²) in [5.41, 5.74) is 0. The molecule has 0 radical (unpaired) electrons. The van der Waals surface area contributed by atoms with Gasteiger partial charge in [0.15, 0.2) is 0 Å². The van der Waals surface area contributed by atoms with E-state index in [1.165, 1.54) is 32.1 Å². The summed E-state index contributed by atoms with van der Waals surface area (Å²) in [4.78, 5) is 15.4. The van der Waals surface area contributed by atoms with Gasteiger partial charge in [0.05, 0.1) is 12.0 Å². The van der Waals surface area contributed by atoms with E-state index in [0.717, 1.165) is 32.5 Å². The van der Waals surface area contributed by atoms with Crippen LogP contribution in [0.25, 0.3) is 0 Å². The van der Waals surface area contributed by atoms with Crippen LogP contribution < -0.4 is 14.8 Å². The summed E-state index contributed by atoms with van der Waals surface area (Å²) < 4.78 is 33.1. The Bertz CT molecular complexity index is 742. The molecule has 0 unspecified atom stereocenters. The van der Waals surface area contributed by atoms with Gasteiger partial charge in [-0.15, -0.1) is 0 Å². The van der Waals surface area contributed by atoms with Crippen molar-refractivity contribution in [2.45, 2.75) is 63.4 Å². The predicted octanol–water partition coefficient (Wildman–Crippen LogP) is 2.38. The average molecular weight is 426 g/mol. The van der Waals surface area contributed by atoms with Gasteiger partial charge in [0.1, 0.15) is 11.8 Å². The second-order valence-corrected chi connectivity index (χ2v) is 9.71. The first-order valence-electron chi connectivity index (χ1n) is 10.5. The maximum atomic E-state index is 12.8. The van der Waals surface area contributed by atoms with Gasteiger partial charge in [0, 0.05) is 19.1 Å². The summed E-state index contributed by atoms with van der Waals surface area (Å²) in [5.74, 6) is 0.143. The molecule has 1 fully saturated rings. The van der Waals surface area contributed by atoms with Crippen molar-refractivity contribution >= 4 is 15.9 Å². The third-order valence-electron chi connectivity index (χ3n) is 5.36. The van der Waals surface area contributed by atoms with Crippen molar-refractivity contribution < 1.29 is 17.9 Å². The molecule has 0 saturated carbocycles. The molecule has 1 saturated heterocycles. The van der Waals surface area contributed by atoms with Crippen molar-refractivity contribution in [2.24, 2.45) is 5.92 Å². The molecular formula is C21H35N3O4S. The molecule has 0 aromatic heterocycles. The zero-order valence-corrected chi connectivity index (χ0v) is 18.8. The fourth-order valence-corrected chi connectivity index (χ4v) is 4.80. The molecule has 0 aliphatic carbocycles. The molecule has 7 nitrogen and oxygen atoms in total. The van der Waals surface area contributed by atoms with Gasteiger partial charge in [-0.05, 0) is 56.0 Å². The number of hydrogen-bond acceptors (Lipinski definition) is 5. The van der Waals surface area contributed by atoms with Crippen LogP contribution >= 0.6 is 0 Å². The summed E-state index contributed by atoms with van der Waals surface area (Å²) in [6, 6.07) is 5.40. The van der Waals surface area contributed by atoms with Crippen LogP contribution in [0.3, 0.4) is 0 Å². The number of benzene rings is 1. The number of carbonyl (C=O) groups is 1. The lowest BCUT2D eigenvalue weighted by Crippen LogP contribution is -2.53. The van der Waals surface area contributed by atoms with Crippen molar-refractivity contribution in [3.63, 3.8) is 0 Å². The number of rotatable bonds is 10. The maximum Gasteiger partial charge on any atom is 0.241 e. The maximum absolute atomic E-state index is 12.8. The van der Waals surface area contributed by atoms with Crippen LogP contribution in [0.15, 0.2) is 29.2 Å². The largest absolute Gasteiger partial charge is 0.497 e. The molecule has 29 heavy (non-hydrogen) atoms. The summed E-state index contributed by atoms with van der Waals surface area (Å²) in [7, 11) is -2.29. The number of nitrogens with one attached hydrogen (secondary N) is 2. The monoisotopic (exact) mass is 425 g/mol. The number of hydrogen-bond donors (Lipinski definition) is 2. The molecule has 1 aliphatic heterocycles. The SMILES string of the molecule is CCCCN1CCC(NC(=O)[C@@H](NS(=O)(=O)c2ccc(OC)cc2)C(C)C)CC1. The molecular weight excluding hydrogens is 390 g/mol. The highest BCUT2D eigenvalue weighted by atomic mass is 32.2. The fourth-order valence-electron chi connectivity index (χ4n) is 3.46. The molecule has 1 atom stereocenters. The Kier molecular flexibility index (Phi) is 8.92. The van der Waals surface area contributed by atoms with Crippen molar-refractivity contribution in [3.05, 3.63) is 24.3 Å². The Hall–Kier alpha value is -1.64. The number of carbonyl (C=O) groups excluding carboxylic acids is 1. The summed E-state index contributed by atoms with van der Waals surface area (Å²) in [5, 5.41) is 3.06. The van der Waals surface area contributed by atoms with E-state index >= 15 is 0 Å². The minimum Gasteiger partial charge on any atom is -0.497 e. The zero-order chi connectivity index (χ0) is 21.4. The van der Waals surface area contributed by atoms with Crippen molar-refractivity contribution in [1.29, 1.82) is 0 Å². The van der Waals surface area contributed by atoms with E-state index in [0.29, 0.717) is 5.75 Å². The van der Waals surface area contributed by atoms with Crippen LogP contribution in [0.5, 0.6) is 5.75 Å². The highest BCUT2D eigenvalue weighted by Gasteiger charge is 2.30. The van der Waals surface area contributed by atoms with Crippen molar-refractivity contribution in [1.82, 2.24) is 14.9 Å². The molecule has 8 heteroatoms. The topological polar surface area (TPSA) is 87.7 Å². The number of sulfonamides is 1. The van der Waals surface area contributed by atoms with Gasteiger partial charge in [-0.1, -0.05) is 27.2 Å². The highest BCUT2D eigenvalue weighted by Crippen LogP contribution is 2.17. The van der Waals surface area contributed by atoms with E-state index in [1.54, 1.807) is 12.1 Å². The van der Waals surface area contributed by atoms with Gasteiger partial charge in [0.25, 0.3) is 0 Å². The van der Waals surface area contributed by atoms with Gasteiger partial charge < -0.3 is 15.0 Å². The molecule has 1 amide bonds. The third kappa shape index (κ3) is 6.97. The predicted molar refractivity (Wildman–Crippen MR) is 114 cm³/mol. The minimum absolute atomic E-state index is 0.0899. The smallest absolute Gasteiger partial charge is 0.241 e. The first-order chi connectivity index (χ1) is 13.8. The lowest BCUT2D eigenvalue weighted by Gasteiger charge is -2.33. The van der Waals surface area contributed by atoms with E-state index in [1.807, 2.05) is 13.8 Å². The quantitative estimate of drug-likeness (QED) is 0.601. The molecule has 0 bridgehead atoms. The van der Waals surface area contributed by atoms with Gasteiger partial charge >= 0.3 is 0 Å². The first kappa shape index (κ1) is 23.6. The molecule has 2 N–H and O–H groups in total. The Morgan fingerprint density at radius 2 is 1.83 bits per heavy atom. The third-order valence-corrected chi connectivity index (χ3v) is 6.82. The molecule has 164 valence electrons. The van der Waals surface area contributed by atoms with Gasteiger partial charge in [-0.2, -0.15) is 4.72 Å². The van der Waals surface area contributed by atoms with E-state index in [2.05, 4.69) is 21.9 Å². The fraction of sp³-hybridized carbons (Fsp3) is 0.667. The van der Waals surface area contributed by atoms with E-state index in [9.17, 15) is 13.2 Å². The van der Waals surface area contributed by atoms with Crippen molar-refractivity contribution in [3.8, 4) is 5.75 Å². The Morgan fingerprint density at radius 1 is 1.21 bits per heavy atom. The van der Waals surface area contributed by atoms with E-state index in [4.69, 9.17) is 4.74 Å². The zero-order valence-electron chi connectivity index (χ0n) is 18.0. The number of amides is 1. The Morgan fingerprint density at radius 3 is 2.34 bits per heavy atom. The molecule has 1 aromatic rings. The summed E-state index contributed by atoms with van der Waals surface area (Å²) in [6.07, 6.45) is 4.16. The number of ether oxygens (including phenoxy) is 1. The van der Waals surface area contributed by atoms with Crippen LogP contribution in [0.4, 0.5) is 0 Å². The van der Waals surface area contributed by atoms with Crippen LogP contribution in [0.1, 0.15) is 46.5 Å². The normalized spacial score (nSPS) is 17.3. The van der Waals surface area contributed by atoms with Crippen molar-refractivity contribution in [2.75, 3.05) is 26.7 Å². The Labute approximate surface area is 175 Å². The lowest BCUT2D eigenvalue weighted by molar-refractivity contribution is -0.124. The number of likely N-dealkylation sites (tertiary alicyclic amines) is 1. The Balaban J connectivity index is 1.97. The standard InChI is InChI=1S/C21H35N3O4S/c1-5-6-13-24-14-11-17(12-15-24)22-21(25)20(16(2)3)23-29(26,27)19-9-7-18(28-4)8-10-19/h7-10,16-17,20,23H,5-6,11-15H2,1-4H3,(H,22,25)/t20-/m0/s1. The number of unbranched alkanes of at least 4 members (excludes halogenated alkanes) is 1. The molecule has 1 aliphatic rings. The van der Waals surface area contributed by atoms with Crippen LogP contribution in [-0.4, -0.2) is 58.1 Å². The molecule has 1 heterocycles. The highest BCUT2D eigenvalue weighted by molar-refractivity contribution is 7.89. The first-order valence-corrected chi connectivity index (χ1v) is 11.9. The van der Waals surface area contributed by atoms with Crippen LogP contribution in [0.2, 0.25) is 0 Å². The number of nitrogens with zero attached hydrogens (tertiary/aromatic N) is 1. The minimum atomic E-state index is -3.81. The number of methoxy groups -OCH3 is 1. The number of piperidine rings is 1. The summed E-state index contributed by atoms with van der Waals surface area (Å²) in [6.45, 7) is 8.91. The van der Waals surface area contributed by atoms with Gasteiger partial charge in [-0.3, -0.25) is 4.79 Å². The summed E-state index contributed by atoms with van der Waals surface area (Å²) >= 11 is 0. The lowest BCUT2D eigenvalue weighted by atomic mass is 10.0.